The second-order valence-corrected chi connectivity index (χ2v) is 7.18. The molecule has 6 nitrogen and oxygen atoms in total. The maximum Gasteiger partial charge on any atom is 0.224 e. The van der Waals surface area contributed by atoms with Crippen molar-refractivity contribution in [2.45, 2.75) is 43.6 Å². The number of ether oxygens (including phenoxy) is 2. The smallest absolute Gasteiger partial charge is 0.224 e. The van der Waals surface area contributed by atoms with Crippen LogP contribution in [0.4, 0.5) is 0 Å². The molecule has 2 N–H and O–H groups in total. The number of benzene rings is 1. The molecule has 1 saturated carbocycles. The third-order valence-electron chi connectivity index (χ3n) is 5.09. The molecule has 1 aromatic rings. The molecule has 3 aliphatic rings. The minimum atomic E-state index is -0.193. The summed E-state index contributed by atoms with van der Waals surface area (Å²) in [5, 5.41) is 6.02. The predicted molar refractivity (Wildman–Crippen MR) is 96.2 cm³/mol. The number of rotatable bonds is 6. The monoisotopic (exact) mass is 356 g/mol. The Labute approximate surface area is 152 Å². The molecule has 6 heteroatoms. The van der Waals surface area contributed by atoms with Crippen LogP contribution in [0.5, 0.6) is 0 Å². The zero-order valence-electron chi connectivity index (χ0n) is 14.6. The quantitative estimate of drug-likeness (QED) is 0.805. The Bertz CT molecular complexity index is 686. The van der Waals surface area contributed by atoms with Crippen LogP contribution in [0.1, 0.15) is 24.8 Å². The Morgan fingerprint density at radius 1 is 1.00 bits per heavy atom. The van der Waals surface area contributed by atoms with Crippen LogP contribution in [0.2, 0.25) is 0 Å². The van der Waals surface area contributed by atoms with Crippen LogP contribution < -0.4 is 10.6 Å². The average molecular weight is 356 g/mol. The van der Waals surface area contributed by atoms with Gasteiger partial charge in [-0.05, 0) is 18.4 Å². The molecule has 0 radical (unpaired) electrons. The molecule has 4 atom stereocenters. The lowest BCUT2D eigenvalue weighted by molar-refractivity contribution is -0.123. The van der Waals surface area contributed by atoms with Crippen molar-refractivity contribution in [3.63, 3.8) is 0 Å². The van der Waals surface area contributed by atoms with Crippen LogP contribution in [-0.2, 0) is 19.1 Å². The molecule has 2 amide bonds. The van der Waals surface area contributed by atoms with E-state index in [4.69, 9.17) is 9.47 Å². The van der Waals surface area contributed by atoms with Gasteiger partial charge in [0.1, 0.15) is 12.2 Å². The van der Waals surface area contributed by atoms with Gasteiger partial charge in [-0.3, -0.25) is 9.59 Å². The lowest BCUT2D eigenvalue weighted by Crippen LogP contribution is -2.47. The number of nitrogens with one attached hydrogen (secondary N) is 2. The number of amides is 2. The zero-order valence-corrected chi connectivity index (χ0v) is 14.6. The zero-order chi connectivity index (χ0) is 17.9. The number of hydrogen-bond donors (Lipinski definition) is 2. The van der Waals surface area contributed by atoms with Gasteiger partial charge in [-0.1, -0.05) is 42.5 Å². The molecule has 0 unspecified atom stereocenters. The van der Waals surface area contributed by atoms with Crippen LogP contribution >= 0.6 is 0 Å². The molecule has 2 heterocycles. The second kappa shape index (κ2) is 7.60. The van der Waals surface area contributed by atoms with Gasteiger partial charge in [0.15, 0.2) is 0 Å². The van der Waals surface area contributed by atoms with Crippen molar-refractivity contribution < 1.29 is 19.1 Å². The van der Waals surface area contributed by atoms with Gasteiger partial charge < -0.3 is 20.1 Å². The number of carbonyl (C=O) groups excluding carboxylic acids is 2. The van der Waals surface area contributed by atoms with E-state index in [1.807, 2.05) is 42.5 Å². The molecule has 0 aromatic heterocycles. The van der Waals surface area contributed by atoms with Gasteiger partial charge in [0, 0.05) is 12.3 Å². The van der Waals surface area contributed by atoms with Crippen LogP contribution in [0.3, 0.4) is 0 Å². The van der Waals surface area contributed by atoms with E-state index >= 15 is 0 Å². The van der Waals surface area contributed by atoms with Gasteiger partial charge >= 0.3 is 0 Å². The minimum absolute atomic E-state index is 0.0551. The van der Waals surface area contributed by atoms with Crippen LogP contribution in [-0.4, -0.2) is 49.3 Å². The van der Waals surface area contributed by atoms with Gasteiger partial charge in [-0.25, -0.2) is 0 Å². The Morgan fingerprint density at radius 2 is 1.65 bits per heavy atom. The third-order valence-corrected chi connectivity index (χ3v) is 5.09. The Hall–Kier alpha value is -2.18. The summed E-state index contributed by atoms with van der Waals surface area (Å²) in [5.74, 6) is 0.212. The first-order valence-electron chi connectivity index (χ1n) is 9.25. The Balaban J connectivity index is 1.25. The first-order valence-corrected chi connectivity index (χ1v) is 9.25. The molecule has 138 valence electrons. The van der Waals surface area contributed by atoms with Crippen molar-refractivity contribution >= 4 is 17.9 Å². The first-order chi connectivity index (χ1) is 12.7. The highest BCUT2D eigenvalue weighted by Gasteiger charge is 2.49. The van der Waals surface area contributed by atoms with E-state index in [9.17, 15) is 9.59 Å². The van der Waals surface area contributed by atoms with Crippen LogP contribution in [0.25, 0.3) is 6.08 Å². The van der Waals surface area contributed by atoms with Gasteiger partial charge in [0.2, 0.25) is 11.8 Å². The van der Waals surface area contributed by atoms with Crippen molar-refractivity contribution in [1.29, 1.82) is 0 Å². The second-order valence-electron chi connectivity index (χ2n) is 7.18. The van der Waals surface area contributed by atoms with E-state index in [-0.39, 0.29) is 42.0 Å². The summed E-state index contributed by atoms with van der Waals surface area (Å²) in [7, 11) is 0. The number of hydrogen-bond acceptors (Lipinski definition) is 4. The Kier molecular flexibility index (Phi) is 5.04. The number of carbonyl (C=O) groups is 2. The van der Waals surface area contributed by atoms with E-state index in [0.717, 1.165) is 18.4 Å². The summed E-state index contributed by atoms with van der Waals surface area (Å²) in [5.41, 5.74) is 1.07. The standard InChI is InChI=1S/C20H24N2O4/c23-17(8-4-7-13-5-2-1-3-6-13)21-15-11-25-19-16(12-26-18(15)19)22-20(24)14-9-10-14/h1-7,14-16,18-19H,8-12H2,(H,21,23)(H,22,24)/t15-,16-,18+,19+/m0/s1. The first kappa shape index (κ1) is 17.2. The van der Waals surface area contributed by atoms with E-state index in [0.29, 0.717) is 19.6 Å². The van der Waals surface area contributed by atoms with Crippen molar-refractivity contribution in [2.24, 2.45) is 5.92 Å². The fraction of sp³-hybridized carbons (Fsp3) is 0.500. The van der Waals surface area contributed by atoms with E-state index in [1.54, 1.807) is 0 Å². The Morgan fingerprint density at radius 3 is 2.31 bits per heavy atom. The average Bonchev–Trinajstić information content (AvgIpc) is 3.32. The molecule has 0 spiro atoms. The summed E-state index contributed by atoms with van der Waals surface area (Å²) in [6, 6.07) is 9.59. The number of fused-ring (bicyclic) bond motifs is 1. The third kappa shape index (κ3) is 3.97. The molecule has 3 fully saturated rings. The summed E-state index contributed by atoms with van der Waals surface area (Å²) < 4.78 is 11.6. The summed E-state index contributed by atoms with van der Waals surface area (Å²) in [6.07, 6.45) is 5.68. The molecule has 2 saturated heterocycles. The summed E-state index contributed by atoms with van der Waals surface area (Å²) in [4.78, 5) is 24.1. The largest absolute Gasteiger partial charge is 0.371 e. The fourth-order valence-corrected chi connectivity index (χ4v) is 3.52. The van der Waals surface area contributed by atoms with Gasteiger partial charge in [0.05, 0.1) is 25.3 Å². The molecular formula is C20H24N2O4. The molecular weight excluding hydrogens is 332 g/mol. The molecule has 2 aliphatic heterocycles. The lowest BCUT2D eigenvalue weighted by atomic mass is 10.1. The van der Waals surface area contributed by atoms with E-state index < -0.39 is 0 Å². The van der Waals surface area contributed by atoms with Gasteiger partial charge in [0.25, 0.3) is 0 Å². The normalized spacial score (nSPS) is 30.3. The van der Waals surface area contributed by atoms with Crippen molar-refractivity contribution in [3.05, 3.63) is 42.0 Å². The van der Waals surface area contributed by atoms with Gasteiger partial charge in [-0.15, -0.1) is 0 Å². The summed E-state index contributed by atoms with van der Waals surface area (Å²) in [6.45, 7) is 0.855. The highest BCUT2D eigenvalue weighted by molar-refractivity contribution is 5.81. The van der Waals surface area contributed by atoms with Crippen molar-refractivity contribution in [3.8, 4) is 0 Å². The minimum Gasteiger partial charge on any atom is -0.371 e. The van der Waals surface area contributed by atoms with Crippen LogP contribution in [0.15, 0.2) is 36.4 Å². The van der Waals surface area contributed by atoms with Crippen molar-refractivity contribution in [2.75, 3.05) is 13.2 Å². The predicted octanol–water partition coefficient (Wildman–Crippen LogP) is 1.27. The molecule has 1 aromatic carbocycles. The molecule has 4 rings (SSSR count). The van der Waals surface area contributed by atoms with E-state index in [1.165, 1.54) is 0 Å². The highest BCUT2D eigenvalue weighted by atomic mass is 16.6. The lowest BCUT2D eigenvalue weighted by Gasteiger charge is -2.18. The topological polar surface area (TPSA) is 76.7 Å². The SMILES string of the molecule is O=C(CC=Cc1ccccc1)N[C@H]1CO[C@H]2[C@@H]1OC[C@@H]2NC(=O)C1CC1. The highest BCUT2D eigenvalue weighted by Crippen LogP contribution is 2.31. The van der Waals surface area contributed by atoms with Crippen molar-refractivity contribution in [1.82, 2.24) is 10.6 Å². The fourth-order valence-electron chi connectivity index (χ4n) is 3.52. The maximum atomic E-state index is 12.2. The molecule has 0 bridgehead atoms. The van der Waals surface area contributed by atoms with E-state index in [2.05, 4.69) is 10.6 Å². The molecule has 26 heavy (non-hydrogen) atoms. The maximum absolute atomic E-state index is 12.2. The molecule has 1 aliphatic carbocycles. The van der Waals surface area contributed by atoms with Gasteiger partial charge in [-0.2, -0.15) is 0 Å². The van der Waals surface area contributed by atoms with Crippen LogP contribution in [0, 0.1) is 5.92 Å². The summed E-state index contributed by atoms with van der Waals surface area (Å²) >= 11 is 0.